The van der Waals surface area contributed by atoms with Crippen molar-refractivity contribution in [3.8, 4) is 6.57 Å². The molecule has 9 heteroatoms. The third-order valence-corrected chi connectivity index (χ3v) is 6.93. The SMILES string of the molecule is C#N.CC1(C)COCc2ccc(C(=O)NCc3cc4nc(N5CCn6nccc6C5)ccc4cn3)cc21. The molecule has 0 saturated heterocycles. The van der Waals surface area contributed by atoms with E-state index in [9.17, 15) is 4.79 Å². The molecule has 1 N–H and O–H groups in total. The number of aromatic nitrogens is 4. The Morgan fingerprint density at radius 1 is 1.16 bits per heavy atom. The Labute approximate surface area is 215 Å². The van der Waals surface area contributed by atoms with Crippen LogP contribution in [0, 0.1) is 11.8 Å². The summed E-state index contributed by atoms with van der Waals surface area (Å²) in [5.41, 5.74) is 5.71. The number of anilines is 1. The zero-order valence-electron chi connectivity index (χ0n) is 21.0. The molecule has 6 rings (SSSR count). The second-order valence-electron chi connectivity index (χ2n) is 9.94. The predicted molar refractivity (Wildman–Crippen MR) is 140 cm³/mol. The molecule has 0 saturated carbocycles. The predicted octanol–water partition coefficient (Wildman–Crippen LogP) is 3.72. The number of carbonyl (C=O) groups is 1. The molecule has 0 aliphatic carbocycles. The van der Waals surface area contributed by atoms with E-state index in [2.05, 4.69) is 52.9 Å². The number of hydrogen-bond acceptors (Lipinski definition) is 7. The largest absolute Gasteiger partial charge is 0.376 e. The van der Waals surface area contributed by atoms with E-state index in [0.717, 1.165) is 47.6 Å². The molecule has 5 heterocycles. The van der Waals surface area contributed by atoms with Crippen LogP contribution in [0.25, 0.3) is 10.9 Å². The number of nitrogens with one attached hydrogen (secondary N) is 1. The van der Waals surface area contributed by atoms with E-state index in [1.54, 1.807) is 0 Å². The van der Waals surface area contributed by atoms with Gasteiger partial charge >= 0.3 is 0 Å². The lowest BCUT2D eigenvalue weighted by Crippen LogP contribution is -2.34. The van der Waals surface area contributed by atoms with E-state index < -0.39 is 0 Å². The Kier molecular flexibility index (Phi) is 6.59. The van der Waals surface area contributed by atoms with Gasteiger partial charge in [0.2, 0.25) is 0 Å². The van der Waals surface area contributed by atoms with E-state index in [1.165, 1.54) is 11.3 Å². The third-order valence-electron chi connectivity index (χ3n) is 6.93. The highest BCUT2D eigenvalue weighted by Gasteiger charge is 2.29. The lowest BCUT2D eigenvalue weighted by molar-refractivity contribution is 0.0641. The van der Waals surface area contributed by atoms with E-state index in [-0.39, 0.29) is 11.3 Å². The first-order valence-corrected chi connectivity index (χ1v) is 12.2. The van der Waals surface area contributed by atoms with Crippen molar-refractivity contribution in [2.24, 2.45) is 0 Å². The topological polar surface area (TPSA) is 109 Å². The van der Waals surface area contributed by atoms with Gasteiger partial charge in [-0.2, -0.15) is 5.10 Å². The molecule has 188 valence electrons. The molecular formula is C28H29N7O2. The molecule has 0 fully saturated rings. The van der Waals surface area contributed by atoms with Crippen LogP contribution in [0.15, 0.2) is 54.9 Å². The van der Waals surface area contributed by atoms with Crippen LogP contribution in [0.5, 0.6) is 0 Å². The van der Waals surface area contributed by atoms with Gasteiger partial charge in [-0.25, -0.2) is 10.2 Å². The summed E-state index contributed by atoms with van der Waals surface area (Å²) in [5, 5.41) is 14.8. The second kappa shape index (κ2) is 9.99. The normalized spacial score (nSPS) is 15.7. The maximum atomic E-state index is 12.9. The molecular weight excluding hydrogens is 466 g/mol. The average molecular weight is 496 g/mol. The van der Waals surface area contributed by atoms with Crippen molar-refractivity contribution in [2.75, 3.05) is 18.1 Å². The number of pyridine rings is 2. The fourth-order valence-electron chi connectivity index (χ4n) is 4.94. The summed E-state index contributed by atoms with van der Waals surface area (Å²) >= 11 is 0. The number of amides is 1. The number of nitrogens with zero attached hydrogens (tertiary/aromatic N) is 6. The first kappa shape index (κ1) is 24.4. The van der Waals surface area contributed by atoms with Gasteiger partial charge in [0.25, 0.3) is 5.91 Å². The molecule has 3 aromatic heterocycles. The minimum Gasteiger partial charge on any atom is -0.376 e. The van der Waals surface area contributed by atoms with Gasteiger partial charge in [0.15, 0.2) is 0 Å². The van der Waals surface area contributed by atoms with Crippen molar-refractivity contribution in [2.45, 2.75) is 45.5 Å². The van der Waals surface area contributed by atoms with Gasteiger partial charge in [0.1, 0.15) is 5.82 Å². The van der Waals surface area contributed by atoms with Gasteiger partial charge in [-0.05, 0) is 47.5 Å². The van der Waals surface area contributed by atoms with Crippen LogP contribution in [0.2, 0.25) is 0 Å². The van der Waals surface area contributed by atoms with Gasteiger partial charge in [-0.15, -0.1) is 0 Å². The molecule has 4 aromatic rings. The highest BCUT2D eigenvalue weighted by molar-refractivity contribution is 5.94. The van der Waals surface area contributed by atoms with Gasteiger partial charge in [-0.3, -0.25) is 14.5 Å². The molecule has 2 aliphatic heterocycles. The van der Waals surface area contributed by atoms with Crippen LogP contribution in [-0.4, -0.2) is 38.8 Å². The highest BCUT2D eigenvalue weighted by atomic mass is 16.5. The Morgan fingerprint density at radius 2 is 2.03 bits per heavy atom. The van der Waals surface area contributed by atoms with Gasteiger partial charge in [0, 0.05) is 41.9 Å². The van der Waals surface area contributed by atoms with E-state index >= 15 is 0 Å². The first-order valence-electron chi connectivity index (χ1n) is 12.2. The second-order valence-corrected chi connectivity index (χ2v) is 9.94. The number of benzene rings is 1. The number of carbonyl (C=O) groups excluding carboxylic acids is 1. The van der Waals surface area contributed by atoms with Crippen LogP contribution in [0.3, 0.4) is 0 Å². The van der Waals surface area contributed by atoms with Crippen molar-refractivity contribution in [3.05, 3.63) is 82.9 Å². The molecule has 0 spiro atoms. The first-order chi connectivity index (χ1) is 18.0. The maximum absolute atomic E-state index is 12.9. The summed E-state index contributed by atoms with van der Waals surface area (Å²) in [6, 6.07) is 14.0. The third kappa shape index (κ3) is 4.88. The monoisotopic (exact) mass is 495 g/mol. The van der Waals surface area contributed by atoms with E-state index in [4.69, 9.17) is 15.0 Å². The Hall–Kier alpha value is -4.29. The van der Waals surface area contributed by atoms with Gasteiger partial charge < -0.3 is 15.0 Å². The summed E-state index contributed by atoms with van der Waals surface area (Å²) in [4.78, 5) is 24.6. The summed E-state index contributed by atoms with van der Waals surface area (Å²) in [6.45, 7) is 11.9. The highest BCUT2D eigenvalue weighted by Crippen LogP contribution is 2.32. The van der Waals surface area contributed by atoms with E-state index in [0.29, 0.717) is 25.3 Å². The molecule has 0 bridgehead atoms. The van der Waals surface area contributed by atoms with Gasteiger partial charge in [-0.1, -0.05) is 19.9 Å². The van der Waals surface area contributed by atoms with Crippen LogP contribution in [0.1, 0.15) is 46.7 Å². The fraction of sp³-hybridized carbons (Fsp3) is 0.321. The minimum atomic E-state index is -0.110. The Bertz CT molecular complexity index is 1470. The van der Waals surface area contributed by atoms with Gasteiger partial charge in [0.05, 0.1) is 49.8 Å². The molecule has 0 unspecified atom stereocenters. The molecule has 37 heavy (non-hydrogen) atoms. The zero-order chi connectivity index (χ0) is 26.0. The fourth-order valence-corrected chi connectivity index (χ4v) is 4.94. The molecule has 2 aliphatic rings. The van der Waals surface area contributed by atoms with E-state index in [1.807, 2.05) is 47.4 Å². The van der Waals surface area contributed by atoms with Crippen molar-refractivity contribution in [1.82, 2.24) is 25.1 Å². The molecule has 0 radical (unpaired) electrons. The summed E-state index contributed by atoms with van der Waals surface area (Å²) in [6.07, 6.45) is 3.67. The molecule has 1 amide bonds. The van der Waals surface area contributed by atoms with Crippen LogP contribution >= 0.6 is 0 Å². The Morgan fingerprint density at radius 3 is 2.89 bits per heavy atom. The standard InChI is InChI=1S/C27H28N6O2.CHN/c1-27(2)17-35-16-20-4-3-18(11-23(20)27)26(34)29-14-21-12-24-19(13-28-21)5-6-25(31-24)32-9-10-33-22(15-32)7-8-30-33;1-2/h3-8,11-13H,9-10,14-17H2,1-2H3,(H,29,34);1H. The lowest BCUT2D eigenvalue weighted by Gasteiger charge is -2.32. The summed E-state index contributed by atoms with van der Waals surface area (Å²) < 4.78 is 7.73. The molecule has 0 atom stereocenters. The summed E-state index contributed by atoms with van der Waals surface area (Å²) in [5.74, 6) is 0.829. The Balaban J connectivity index is 0.00000137. The smallest absolute Gasteiger partial charge is 0.251 e. The molecule has 1 aromatic carbocycles. The molecule has 9 nitrogen and oxygen atoms in total. The van der Waals surface area contributed by atoms with Crippen LogP contribution in [-0.2, 0) is 36.4 Å². The van der Waals surface area contributed by atoms with Crippen molar-refractivity contribution >= 4 is 22.6 Å². The number of hydrogen-bond donors (Lipinski definition) is 1. The number of rotatable bonds is 4. The number of ether oxygens (including phenoxy) is 1. The van der Waals surface area contributed by atoms with Crippen molar-refractivity contribution < 1.29 is 9.53 Å². The summed E-state index contributed by atoms with van der Waals surface area (Å²) in [7, 11) is 0. The van der Waals surface area contributed by atoms with Crippen LogP contribution in [0.4, 0.5) is 5.82 Å². The average Bonchev–Trinajstić information content (AvgIpc) is 3.40. The van der Waals surface area contributed by atoms with Crippen molar-refractivity contribution in [1.29, 1.82) is 5.26 Å². The lowest BCUT2D eigenvalue weighted by atomic mass is 9.80. The number of fused-ring (bicyclic) bond motifs is 3. The minimum absolute atomic E-state index is 0.108. The number of nitriles is 1. The zero-order valence-corrected chi connectivity index (χ0v) is 21.0. The quantitative estimate of drug-likeness (QED) is 0.460. The maximum Gasteiger partial charge on any atom is 0.251 e. The van der Waals surface area contributed by atoms with Crippen LogP contribution < -0.4 is 10.2 Å². The van der Waals surface area contributed by atoms with Crippen molar-refractivity contribution in [3.63, 3.8) is 0 Å².